The van der Waals surface area contributed by atoms with Crippen LogP contribution in [0.5, 0.6) is 0 Å². The van der Waals surface area contributed by atoms with Crippen molar-refractivity contribution in [3.63, 3.8) is 0 Å². The van der Waals surface area contributed by atoms with Crippen LogP contribution in [0.25, 0.3) is 0 Å². The Balaban J connectivity index is 2.07. The predicted octanol–water partition coefficient (Wildman–Crippen LogP) is 3.02. The van der Waals surface area contributed by atoms with Crippen LogP contribution >= 0.6 is 7.60 Å². The molecule has 0 aliphatic rings. The first-order valence-corrected chi connectivity index (χ1v) is 10.4. The summed E-state index contributed by atoms with van der Waals surface area (Å²) in [4.78, 5) is 24.3. The number of hydrogen-bond acceptors (Lipinski definition) is 7. The van der Waals surface area contributed by atoms with E-state index >= 15 is 0 Å². The first-order chi connectivity index (χ1) is 13.9. The molecule has 0 saturated heterocycles. The van der Waals surface area contributed by atoms with Crippen LogP contribution in [-0.2, 0) is 34.5 Å². The van der Waals surface area contributed by atoms with Crippen molar-refractivity contribution in [3.8, 4) is 0 Å². The molecule has 0 aliphatic carbocycles. The average Bonchev–Trinajstić information content (AvgIpc) is 2.76. The van der Waals surface area contributed by atoms with Crippen molar-refractivity contribution in [1.82, 2.24) is 5.32 Å². The number of alkyl carbamates (subject to hydrolysis) is 1. The minimum absolute atomic E-state index is 0.0242. The van der Waals surface area contributed by atoms with Gasteiger partial charge in [0.25, 0.3) is 0 Å². The normalized spacial score (nSPS) is 14.9. The van der Waals surface area contributed by atoms with Crippen LogP contribution in [0.2, 0.25) is 0 Å². The minimum Gasteiger partial charge on any atom is -0.467 e. The SMILES string of the molecule is COC(=O)[C@@H](NC(=O)OCc1ccccc1)[C@@H](C)O[P@@](=O)(OC)c1ccccc1. The van der Waals surface area contributed by atoms with Crippen molar-refractivity contribution in [3.05, 3.63) is 66.2 Å². The van der Waals surface area contributed by atoms with Gasteiger partial charge in [-0.25, -0.2) is 9.59 Å². The lowest BCUT2D eigenvalue weighted by atomic mass is 10.2. The molecule has 0 spiro atoms. The highest BCUT2D eigenvalue weighted by Crippen LogP contribution is 2.47. The van der Waals surface area contributed by atoms with Crippen LogP contribution in [0.4, 0.5) is 4.79 Å². The van der Waals surface area contributed by atoms with E-state index < -0.39 is 31.8 Å². The van der Waals surface area contributed by atoms with Crippen molar-refractivity contribution in [1.29, 1.82) is 0 Å². The van der Waals surface area contributed by atoms with Crippen LogP contribution in [0.15, 0.2) is 60.7 Å². The van der Waals surface area contributed by atoms with Crippen LogP contribution < -0.4 is 10.6 Å². The Labute approximate surface area is 169 Å². The molecular weight excluding hydrogens is 397 g/mol. The van der Waals surface area contributed by atoms with Gasteiger partial charge in [0.15, 0.2) is 6.04 Å². The zero-order valence-electron chi connectivity index (χ0n) is 16.4. The van der Waals surface area contributed by atoms with Gasteiger partial charge in [-0.15, -0.1) is 0 Å². The third-order valence-corrected chi connectivity index (χ3v) is 6.05. The molecule has 0 heterocycles. The van der Waals surface area contributed by atoms with E-state index in [0.29, 0.717) is 5.30 Å². The predicted molar refractivity (Wildman–Crippen MR) is 107 cm³/mol. The Morgan fingerprint density at radius 1 is 1.00 bits per heavy atom. The highest BCUT2D eigenvalue weighted by molar-refractivity contribution is 7.62. The molecule has 1 N–H and O–H groups in total. The summed E-state index contributed by atoms with van der Waals surface area (Å²) in [6.07, 6.45) is -1.87. The first-order valence-electron chi connectivity index (χ1n) is 8.84. The number of hydrogen-bond donors (Lipinski definition) is 1. The Kier molecular flexibility index (Phi) is 8.39. The van der Waals surface area contributed by atoms with Crippen LogP contribution in [0.1, 0.15) is 12.5 Å². The molecule has 1 amide bonds. The lowest BCUT2D eigenvalue weighted by Gasteiger charge is -2.26. The second-order valence-electron chi connectivity index (χ2n) is 6.03. The standard InChI is InChI=1S/C20H24NO7P/c1-15(28-29(24,26-3)17-12-8-5-9-13-17)18(19(22)25-2)21-20(23)27-14-16-10-6-4-7-11-16/h4-13,15,18H,14H2,1-3H3,(H,21,23)/t15-,18+,29+/m1/s1. The second kappa shape index (κ2) is 10.8. The van der Waals surface area contributed by atoms with Crippen LogP contribution in [-0.4, -0.2) is 38.4 Å². The summed E-state index contributed by atoms with van der Waals surface area (Å²) in [7, 11) is -1.30. The van der Waals surface area contributed by atoms with Gasteiger partial charge in [-0.3, -0.25) is 9.09 Å². The van der Waals surface area contributed by atoms with Crippen molar-refractivity contribution >= 4 is 25.0 Å². The largest absolute Gasteiger partial charge is 0.467 e. The molecule has 8 nitrogen and oxygen atoms in total. The molecule has 2 rings (SSSR count). The number of carbonyl (C=O) groups excluding carboxylic acids is 2. The second-order valence-corrected chi connectivity index (χ2v) is 8.12. The number of carbonyl (C=O) groups is 2. The fourth-order valence-corrected chi connectivity index (χ4v) is 4.00. The summed E-state index contributed by atoms with van der Waals surface area (Å²) in [6.45, 7) is 1.50. The van der Waals surface area contributed by atoms with Crippen molar-refractivity contribution < 1.29 is 32.7 Å². The third-order valence-electron chi connectivity index (χ3n) is 4.03. The van der Waals surface area contributed by atoms with Gasteiger partial charge in [-0.1, -0.05) is 48.5 Å². The van der Waals surface area contributed by atoms with Gasteiger partial charge in [-0.05, 0) is 24.6 Å². The van der Waals surface area contributed by atoms with E-state index in [4.69, 9.17) is 18.5 Å². The van der Waals surface area contributed by atoms with Gasteiger partial charge in [0, 0.05) is 7.11 Å². The maximum absolute atomic E-state index is 13.1. The van der Waals surface area contributed by atoms with Gasteiger partial charge in [0.05, 0.1) is 18.5 Å². The molecule has 156 valence electrons. The van der Waals surface area contributed by atoms with E-state index in [0.717, 1.165) is 5.56 Å². The van der Waals surface area contributed by atoms with E-state index in [1.165, 1.54) is 21.1 Å². The summed E-state index contributed by atoms with van der Waals surface area (Å²) < 4.78 is 33.6. The van der Waals surface area contributed by atoms with E-state index in [9.17, 15) is 14.2 Å². The molecule has 29 heavy (non-hydrogen) atoms. The van der Waals surface area contributed by atoms with Crippen LogP contribution in [0, 0.1) is 0 Å². The maximum Gasteiger partial charge on any atom is 0.408 e. The lowest BCUT2D eigenvalue weighted by molar-refractivity contribution is -0.145. The molecule has 2 aromatic rings. The highest BCUT2D eigenvalue weighted by Gasteiger charge is 2.36. The molecule has 0 fully saturated rings. The van der Waals surface area contributed by atoms with Crippen LogP contribution in [0.3, 0.4) is 0 Å². The number of ether oxygens (including phenoxy) is 2. The number of nitrogens with one attached hydrogen (secondary N) is 1. The van der Waals surface area contributed by atoms with Gasteiger partial charge in [0.1, 0.15) is 6.61 Å². The van der Waals surface area contributed by atoms with Gasteiger partial charge < -0.3 is 19.3 Å². The zero-order valence-corrected chi connectivity index (χ0v) is 17.3. The fourth-order valence-electron chi connectivity index (χ4n) is 2.49. The number of methoxy groups -OCH3 is 1. The molecule has 2 aromatic carbocycles. The topological polar surface area (TPSA) is 100 Å². The third kappa shape index (κ3) is 6.42. The smallest absolute Gasteiger partial charge is 0.408 e. The Hall–Kier alpha value is -2.67. The molecule has 0 saturated carbocycles. The molecule has 0 bridgehead atoms. The monoisotopic (exact) mass is 421 g/mol. The molecular formula is C20H24NO7P. The van der Waals surface area contributed by atoms with E-state index in [1.54, 1.807) is 42.5 Å². The summed E-state index contributed by atoms with van der Waals surface area (Å²) in [5.41, 5.74) is 0.787. The highest BCUT2D eigenvalue weighted by atomic mass is 31.2. The van der Waals surface area contributed by atoms with Gasteiger partial charge in [0.2, 0.25) is 0 Å². The van der Waals surface area contributed by atoms with E-state index in [1.807, 2.05) is 18.2 Å². The molecule has 3 atom stereocenters. The van der Waals surface area contributed by atoms with Crippen molar-refractivity contribution in [2.45, 2.75) is 25.7 Å². The fraction of sp³-hybridized carbons (Fsp3) is 0.300. The quantitative estimate of drug-likeness (QED) is 0.491. The summed E-state index contributed by atoms with van der Waals surface area (Å²) in [5.74, 6) is -0.773. The molecule has 0 unspecified atom stereocenters. The van der Waals surface area contributed by atoms with E-state index in [2.05, 4.69) is 5.32 Å². The van der Waals surface area contributed by atoms with Crippen molar-refractivity contribution in [2.75, 3.05) is 14.2 Å². The Morgan fingerprint density at radius 3 is 2.14 bits per heavy atom. The zero-order chi connectivity index (χ0) is 21.3. The Bertz CT molecular complexity index is 844. The maximum atomic E-state index is 13.1. The molecule has 0 radical (unpaired) electrons. The molecule has 0 aliphatic heterocycles. The molecule has 9 heteroatoms. The van der Waals surface area contributed by atoms with Crippen molar-refractivity contribution in [2.24, 2.45) is 0 Å². The van der Waals surface area contributed by atoms with Gasteiger partial charge in [-0.2, -0.15) is 0 Å². The number of esters is 1. The minimum atomic E-state index is -3.72. The number of benzene rings is 2. The van der Waals surface area contributed by atoms with Gasteiger partial charge >= 0.3 is 19.7 Å². The Morgan fingerprint density at radius 2 is 1.59 bits per heavy atom. The van der Waals surface area contributed by atoms with E-state index in [-0.39, 0.29) is 6.61 Å². The average molecular weight is 421 g/mol. The lowest BCUT2D eigenvalue weighted by Crippen LogP contribution is -2.49. The summed E-state index contributed by atoms with van der Waals surface area (Å²) >= 11 is 0. The summed E-state index contributed by atoms with van der Waals surface area (Å²) in [6, 6.07) is 16.1. The summed E-state index contributed by atoms with van der Waals surface area (Å²) in [5, 5.41) is 2.72. The molecule has 0 aromatic heterocycles. The number of amides is 1. The number of rotatable bonds is 9. The first kappa shape index (κ1) is 22.6.